The fourth-order valence-electron chi connectivity index (χ4n) is 2.69. The van der Waals surface area contributed by atoms with Crippen LogP contribution in [-0.2, 0) is 6.42 Å². The summed E-state index contributed by atoms with van der Waals surface area (Å²) in [6.45, 7) is 2.12. The number of benzene rings is 3. The van der Waals surface area contributed by atoms with Crippen molar-refractivity contribution in [3.8, 4) is 22.3 Å². The van der Waals surface area contributed by atoms with Gasteiger partial charge < -0.3 is 0 Å². The van der Waals surface area contributed by atoms with Gasteiger partial charge in [-0.25, -0.2) is 0 Å². The molecule has 3 nitrogen and oxygen atoms in total. The molecular weight excluding hydrogens is 322 g/mol. The van der Waals surface area contributed by atoms with Gasteiger partial charge in [0.15, 0.2) is 0 Å². The molecule has 0 unspecified atom stereocenters. The molecule has 0 aromatic heterocycles. The topological polar surface area (TPSA) is 43.1 Å². The molecule has 0 saturated heterocycles. The smallest absolute Gasteiger partial charge is 0.258 e. The zero-order valence-corrected chi connectivity index (χ0v) is 14.0. The summed E-state index contributed by atoms with van der Waals surface area (Å²) >= 11 is 6.00. The van der Waals surface area contributed by atoms with Crippen LogP contribution in [0, 0.1) is 10.1 Å². The van der Waals surface area contributed by atoms with Crippen molar-refractivity contribution in [1.29, 1.82) is 0 Å². The average molecular weight is 338 g/mol. The predicted molar refractivity (Wildman–Crippen MR) is 98.4 cm³/mol. The summed E-state index contributed by atoms with van der Waals surface area (Å²) in [5.41, 5.74) is 5.50. The van der Waals surface area contributed by atoms with E-state index in [4.69, 9.17) is 11.6 Å². The lowest BCUT2D eigenvalue weighted by Crippen LogP contribution is -1.90. The fraction of sp³-hybridized carbons (Fsp3) is 0.100. The van der Waals surface area contributed by atoms with Crippen LogP contribution in [0.4, 0.5) is 5.69 Å². The Labute approximate surface area is 145 Å². The number of nitrogens with zero attached hydrogens (tertiary/aromatic N) is 1. The molecule has 0 aliphatic rings. The Morgan fingerprint density at radius 3 is 2.04 bits per heavy atom. The summed E-state index contributed by atoms with van der Waals surface area (Å²) in [6.07, 6.45) is 0.946. The van der Waals surface area contributed by atoms with Crippen molar-refractivity contribution < 1.29 is 4.92 Å². The summed E-state index contributed by atoms with van der Waals surface area (Å²) in [6, 6.07) is 20.7. The van der Waals surface area contributed by atoms with Crippen LogP contribution in [0.1, 0.15) is 12.5 Å². The van der Waals surface area contributed by atoms with Crippen molar-refractivity contribution in [2.45, 2.75) is 13.3 Å². The van der Waals surface area contributed by atoms with Gasteiger partial charge >= 0.3 is 0 Å². The summed E-state index contributed by atoms with van der Waals surface area (Å²) in [5.74, 6) is 0. The molecule has 0 N–H and O–H groups in total. The number of halogens is 1. The third-order valence-electron chi connectivity index (χ3n) is 4.04. The molecule has 0 aliphatic heterocycles. The lowest BCUT2D eigenvalue weighted by molar-refractivity contribution is -0.384. The minimum atomic E-state index is -0.385. The molecule has 3 aromatic carbocycles. The molecule has 0 radical (unpaired) electrons. The van der Waals surface area contributed by atoms with Gasteiger partial charge in [0.1, 0.15) is 0 Å². The van der Waals surface area contributed by atoms with Crippen molar-refractivity contribution in [3.05, 3.63) is 87.4 Å². The largest absolute Gasteiger partial charge is 0.269 e. The SMILES string of the molecule is CCc1ccc(-c2ccc([N+](=O)[O-])cc2)c(-c2ccc(Cl)cc2)c1. The molecule has 4 heteroatoms. The standard InChI is InChI=1S/C20H16ClNO2/c1-2-14-3-12-19(15-6-10-18(11-7-15)22(23)24)20(13-14)16-4-8-17(21)9-5-16/h3-13H,2H2,1H3. The predicted octanol–water partition coefficient (Wildman–Crippen LogP) is 6.14. The maximum Gasteiger partial charge on any atom is 0.269 e. The number of nitro groups is 1. The van der Waals surface area contributed by atoms with E-state index in [1.165, 1.54) is 17.7 Å². The first-order valence-corrected chi connectivity index (χ1v) is 8.10. The Bertz CT molecular complexity index is 871. The second-order valence-corrected chi connectivity index (χ2v) is 5.98. The number of hydrogen-bond acceptors (Lipinski definition) is 2. The van der Waals surface area contributed by atoms with Gasteiger partial charge in [0.05, 0.1) is 4.92 Å². The van der Waals surface area contributed by atoms with E-state index in [1.54, 1.807) is 12.1 Å². The van der Waals surface area contributed by atoms with Gasteiger partial charge in [0, 0.05) is 17.2 Å². The molecule has 0 aliphatic carbocycles. The lowest BCUT2D eigenvalue weighted by Gasteiger charge is -2.12. The maximum absolute atomic E-state index is 10.8. The number of hydrogen-bond donors (Lipinski definition) is 0. The first-order valence-electron chi connectivity index (χ1n) is 7.72. The Morgan fingerprint density at radius 1 is 0.875 bits per heavy atom. The minimum absolute atomic E-state index is 0.0944. The Kier molecular flexibility index (Phi) is 4.63. The van der Waals surface area contributed by atoms with E-state index in [0.717, 1.165) is 28.7 Å². The molecular formula is C20H16ClNO2. The quantitative estimate of drug-likeness (QED) is 0.423. The third-order valence-corrected chi connectivity index (χ3v) is 4.29. The molecule has 3 aromatic rings. The van der Waals surface area contributed by atoms with Gasteiger partial charge in [-0.15, -0.1) is 0 Å². The van der Waals surface area contributed by atoms with Crippen LogP contribution in [0.5, 0.6) is 0 Å². The molecule has 24 heavy (non-hydrogen) atoms. The van der Waals surface area contributed by atoms with Gasteiger partial charge in [-0.1, -0.05) is 48.9 Å². The number of non-ortho nitro benzene ring substituents is 1. The first kappa shape index (κ1) is 16.2. The summed E-state index contributed by atoms with van der Waals surface area (Å²) < 4.78 is 0. The molecule has 120 valence electrons. The molecule has 0 heterocycles. The summed E-state index contributed by atoms with van der Waals surface area (Å²) in [7, 11) is 0. The first-order chi connectivity index (χ1) is 11.6. The maximum atomic E-state index is 10.8. The van der Waals surface area contributed by atoms with Crippen molar-refractivity contribution in [1.82, 2.24) is 0 Å². The molecule has 3 rings (SSSR count). The Hall–Kier alpha value is -2.65. The van der Waals surface area contributed by atoms with E-state index >= 15 is 0 Å². The van der Waals surface area contributed by atoms with Crippen molar-refractivity contribution in [2.75, 3.05) is 0 Å². The van der Waals surface area contributed by atoms with Crippen LogP contribution in [0.3, 0.4) is 0 Å². The zero-order chi connectivity index (χ0) is 17.1. The van der Waals surface area contributed by atoms with Gasteiger partial charge in [0.25, 0.3) is 5.69 Å². The van der Waals surface area contributed by atoms with Crippen LogP contribution in [-0.4, -0.2) is 4.92 Å². The molecule has 0 saturated carbocycles. The highest BCUT2D eigenvalue weighted by atomic mass is 35.5. The van der Waals surface area contributed by atoms with Crippen molar-refractivity contribution >= 4 is 17.3 Å². The Balaban J connectivity index is 2.13. The number of aryl methyl sites for hydroxylation is 1. The van der Waals surface area contributed by atoms with E-state index in [2.05, 4.69) is 25.1 Å². The molecule has 0 bridgehead atoms. The van der Waals surface area contributed by atoms with Crippen LogP contribution < -0.4 is 0 Å². The number of nitro benzene ring substituents is 1. The van der Waals surface area contributed by atoms with E-state index in [-0.39, 0.29) is 10.6 Å². The summed E-state index contributed by atoms with van der Waals surface area (Å²) in [5, 5.41) is 11.5. The van der Waals surface area contributed by atoms with Gasteiger partial charge in [-0.3, -0.25) is 10.1 Å². The number of rotatable bonds is 4. The summed E-state index contributed by atoms with van der Waals surface area (Å²) in [4.78, 5) is 10.5. The minimum Gasteiger partial charge on any atom is -0.258 e. The van der Waals surface area contributed by atoms with Crippen LogP contribution in [0.25, 0.3) is 22.3 Å². The van der Waals surface area contributed by atoms with Crippen LogP contribution >= 0.6 is 11.6 Å². The van der Waals surface area contributed by atoms with E-state index in [1.807, 2.05) is 24.3 Å². The lowest BCUT2D eigenvalue weighted by atomic mass is 9.92. The van der Waals surface area contributed by atoms with Crippen LogP contribution in [0.2, 0.25) is 5.02 Å². The highest BCUT2D eigenvalue weighted by Crippen LogP contribution is 2.34. The highest BCUT2D eigenvalue weighted by Gasteiger charge is 2.11. The zero-order valence-electron chi connectivity index (χ0n) is 13.2. The van der Waals surface area contributed by atoms with E-state index in [9.17, 15) is 10.1 Å². The second-order valence-electron chi connectivity index (χ2n) is 5.54. The third kappa shape index (κ3) is 3.31. The molecule has 0 atom stereocenters. The van der Waals surface area contributed by atoms with Crippen molar-refractivity contribution in [2.24, 2.45) is 0 Å². The monoisotopic (exact) mass is 337 g/mol. The fourth-order valence-corrected chi connectivity index (χ4v) is 2.82. The Morgan fingerprint density at radius 2 is 1.46 bits per heavy atom. The second kappa shape index (κ2) is 6.85. The highest BCUT2D eigenvalue weighted by molar-refractivity contribution is 6.30. The van der Waals surface area contributed by atoms with E-state index < -0.39 is 0 Å². The van der Waals surface area contributed by atoms with E-state index in [0.29, 0.717) is 5.02 Å². The molecule has 0 fully saturated rings. The van der Waals surface area contributed by atoms with Gasteiger partial charge in [0.2, 0.25) is 0 Å². The van der Waals surface area contributed by atoms with Gasteiger partial charge in [-0.05, 0) is 58.5 Å². The average Bonchev–Trinajstić information content (AvgIpc) is 2.62. The van der Waals surface area contributed by atoms with Crippen molar-refractivity contribution in [3.63, 3.8) is 0 Å². The van der Waals surface area contributed by atoms with Gasteiger partial charge in [-0.2, -0.15) is 0 Å². The normalized spacial score (nSPS) is 10.6. The van der Waals surface area contributed by atoms with Crippen LogP contribution in [0.15, 0.2) is 66.7 Å². The molecule has 0 amide bonds. The molecule has 0 spiro atoms.